The van der Waals surface area contributed by atoms with E-state index in [0.717, 1.165) is 5.92 Å². The van der Waals surface area contributed by atoms with Crippen molar-refractivity contribution in [3.63, 3.8) is 0 Å². The molecule has 0 amide bonds. The van der Waals surface area contributed by atoms with E-state index < -0.39 is 0 Å². The lowest BCUT2D eigenvalue weighted by Gasteiger charge is -2.26. The van der Waals surface area contributed by atoms with Crippen molar-refractivity contribution in [2.45, 2.75) is 65.0 Å². The third-order valence-corrected chi connectivity index (χ3v) is 4.66. The Balaban J connectivity index is 1.90. The molecule has 4 unspecified atom stereocenters. The Bertz CT molecular complexity index is 239. The van der Waals surface area contributed by atoms with E-state index in [1.54, 1.807) is 0 Å². The summed E-state index contributed by atoms with van der Waals surface area (Å²) in [6.45, 7) is 7.49. The molecule has 2 N–H and O–H groups in total. The molecule has 2 heteroatoms. The van der Waals surface area contributed by atoms with Gasteiger partial charge in [-0.05, 0) is 42.9 Å². The van der Waals surface area contributed by atoms with Crippen molar-refractivity contribution >= 4 is 0 Å². The van der Waals surface area contributed by atoms with Crippen molar-refractivity contribution in [2.75, 3.05) is 6.61 Å². The molecule has 2 rings (SSSR count). The van der Waals surface area contributed by atoms with Crippen LogP contribution in [0.1, 0.15) is 52.9 Å². The van der Waals surface area contributed by atoms with Gasteiger partial charge in [0.1, 0.15) is 0 Å². The molecule has 2 saturated carbocycles. The summed E-state index contributed by atoms with van der Waals surface area (Å²) in [5.74, 6) is 1.30. The lowest BCUT2D eigenvalue weighted by atomic mass is 9.91. The van der Waals surface area contributed by atoms with Crippen LogP contribution in [0.5, 0.6) is 0 Å². The van der Waals surface area contributed by atoms with Crippen molar-refractivity contribution in [2.24, 2.45) is 17.3 Å². The van der Waals surface area contributed by atoms with E-state index in [0.29, 0.717) is 30.0 Å². The van der Waals surface area contributed by atoms with Gasteiger partial charge in [0.15, 0.2) is 0 Å². The summed E-state index contributed by atoms with van der Waals surface area (Å²) >= 11 is 0. The Hall–Kier alpha value is -0.0800. The van der Waals surface area contributed by atoms with Crippen LogP contribution >= 0.6 is 0 Å². The van der Waals surface area contributed by atoms with Gasteiger partial charge in [-0.25, -0.2) is 0 Å². The number of nitrogens with one attached hydrogen (secondary N) is 1. The number of aliphatic hydroxyl groups is 1. The van der Waals surface area contributed by atoms with Crippen molar-refractivity contribution in [3.05, 3.63) is 0 Å². The molecule has 0 spiro atoms. The van der Waals surface area contributed by atoms with Crippen LogP contribution in [0.2, 0.25) is 0 Å². The van der Waals surface area contributed by atoms with Crippen LogP contribution in [0.3, 0.4) is 0 Å². The van der Waals surface area contributed by atoms with Gasteiger partial charge in [-0.2, -0.15) is 0 Å². The monoisotopic (exact) mass is 225 g/mol. The van der Waals surface area contributed by atoms with Crippen LogP contribution in [-0.2, 0) is 0 Å². The molecule has 16 heavy (non-hydrogen) atoms. The largest absolute Gasteiger partial charge is 0.396 e. The van der Waals surface area contributed by atoms with Crippen LogP contribution in [0.4, 0.5) is 0 Å². The van der Waals surface area contributed by atoms with Gasteiger partial charge in [-0.1, -0.05) is 27.2 Å². The molecule has 2 fully saturated rings. The SMILES string of the molecule is CC1CC(C)(C)CC1NC1CCCC1CO. The zero-order valence-corrected chi connectivity index (χ0v) is 11.0. The fourth-order valence-electron chi connectivity index (χ4n) is 3.87. The molecular formula is C14H27NO. The topological polar surface area (TPSA) is 32.3 Å². The molecule has 0 aromatic heterocycles. The molecule has 0 heterocycles. The van der Waals surface area contributed by atoms with Gasteiger partial charge < -0.3 is 10.4 Å². The summed E-state index contributed by atoms with van der Waals surface area (Å²) in [6.07, 6.45) is 6.38. The van der Waals surface area contributed by atoms with Crippen LogP contribution in [0, 0.1) is 17.3 Å². The minimum absolute atomic E-state index is 0.363. The number of rotatable bonds is 3. The summed E-state index contributed by atoms with van der Waals surface area (Å²) in [6, 6.07) is 1.25. The summed E-state index contributed by atoms with van der Waals surface area (Å²) in [4.78, 5) is 0. The lowest BCUT2D eigenvalue weighted by Crippen LogP contribution is -2.42. The van der Waals surface area contributed by atoms with E-state index in [1.807, 2.05) is 0 Å². The molecule has 0 aromatic carbocycles. The second-order valence-corrected chi connectivity index (χ2v) is 6.80. The summed E-state index contributed by atoms with van der Waals surface area (Å²) in [7, 11) is 0. The number of hydrogen-bond donors (Lipinski definition) is 2. The van der Waals surface area contributed by atoms with Crippen molar-refractivity contribution in [1.29, 1.82) is 0 Å². The Labute approximate surface area is 99.8 Å². The maximum absolute atomic E-state index is 9.34. The summed E-state index contributed by atoms with van der Waals surface area (Å²) in [5, 5.41) is 13.2. The molecule has 0 aliphatic heterocycles. The average Bonchev–Trinajstić information content (AvgIpc) is 2.71. The van der Waals surface area contributed by atoms with Gasteiger partial charge in [0.2, 0.25) is 0 Å². The second-order valence-electron chi connectivity index (χ2n) is 6.80. The van der Waals surface area contributed by atoms with Crippen LogP contribution in [0.25, 0.3) is 0 Å². The standard InChI is InChI=1S/C14H27NO/c1-10-7-14(2,3)8-13(10)15-12-6-4-5-11(12)9-16/h10-13,15-16H,4-9H2,1-3H3. The highest BCUT2D eigenvalue weighted by Gasteiger charge is 2.39. The third-order valence-electron chi connectivity index (χ3n) is 4.66. The maximum Gasteiger partial charge on any atom is 0.0474 e. The first-order chi connectivity index (χ1) is 7.52. The normalized spacial score (nSPS) is 42.8. The molecule has 4 atom stereocenters. The first-order valence-electron chi connectivity index (χ1n) is 6.89. The summed E-state index contributed by atoms with van der Waals surface area (Å²) < 4.78 is 0. The minimum Gasteiger partial charge on any atom is -0.396 e. The predicted molar refractivity (Wildman–Crippen MR) is 67.3 cm³/mol. The zero-order chi connectivity index (χ0) is 11.8. The van der Waals surface area contributed by atoms with Crippen molar-refractivity contribution in [3.8, 4) is 0 Å². The molecule has 2 aliphatic rings. The van der Waals surface area contributed by atoms with E-state index in [-0.39, 0.29) is 0 Å². The van der Waals surface area contributed by atoms with E-state index in [4.69, 9.17) is 0 Å². The first kappa shape index (κ1) is 12.4. The van der Waals surface area contributed by atoms with E-state index >= 15 is 0 Å². The Kier molecular flexibility index (Phi) is 3.60. The Morgan fingerprint density at radius 2 is 1.94 bits per heavy atom. The van der Waals surface area contributed by atoms with Gasteiger partial charge in [0.05, 0.1) is 0 Å². The van der Waals surface area contributed by atoms with E-state index in [1.165, 1.54) is 32.1 Å². The van der Waals surface area contributed by atoms with Crippen LogP contribution in [0.15, 0.2) is 0 Å². The molecular weight excluding hydrogens is 198 g/mol. The van der Waals surface area contributed by atoms with Crippen LogP contribution < -0.4 is 5.32 Å². The number of hydrogen-bond acceptors (Lipinski definition) is 2. The van der Waals surface area contributed by atoms with Gasteiger partial charge >= 0.3 is 0 Å². The van der Waals surface area contributed by atoms with E-state index in [2.05, 4.69) is 26.1 Å². The molecule has 2 nitrogen and oxygen atoms in total. The molecule has 0 saturated heterocycles. The minimum atomic E-state index is 0.363. The van der Waals surface area contributed by atoms with Crippen molar-refractivity contribution < 1.29 is 5.11 Å². The van der Waals surface area contributed by atoms with Gasteiger partial charge in [0, 0.05) is 18.7 Å². The third kappa shape index (κ3) is 2.60. The Morgan fingerprint density at radius 3 is 2.50 bits per heavy atom. The second kappa shape index (κ2) is 4.66. The van der Waals surface area contributed by atoms with Gasteiger partial charge in [0.25, 0.3) is 0 Å². The maximum atomic E-state index is 9.34. The van der Waals surface area contributed by atoms with E-state index in [9.17, 15) is 5.11 Å². The fourth-order valence-corrected chi connectivity index (χ4v) is 3.87. The molecule has 2 aliphatic carbocycles. The number of aliphatic hydroxyl groups excluding tert-OH is 1. The smallest absolute Gasteiger partial charge is 0.0474 e. The molecule has 94 valence electrons. The zero-order valence-electron chi connectivity index (χ0n) is 11.0. The fraction of sp³-hybridized carbons (Fsp3) is 1.00. The molecule has 0 aromatic rings. The van der Waals surface area contributed by atoms with Crippen LogP contribution in [-0.4, -0.2) is 23.8 Å². The van der Waals surface area contributed by atoms with Gasteiger partial charge in [-0.3, -0.25) is 0 Å². The highest BCUT2D eigenvalue weighted by Crippen LogP contribution is 2.41. The summed E-state index contributed by atoms with van der Waals surface area (Å²) in [5.41, 5.74) is 0.504. The lowest BCUT2D eigenvalue weighted by molar-refractivity contribution is 0.194. The quantitative estimate of drug-likeness (QED) is 0.773. The highest BCUT2D eigenvalue weighted by atomic mass is 16.3. The predicted octanol–water partition coefficient (Wildman–Crippen LogP) is 2.56. The highest BCUT2D eigenvalue weighted by molar-refractivity contribution is 4.94. The molecule has 0 bridgehead atoms. The Morgan fingerprint density at radius 1 is 1.19 bits per heavy atom. The average molecular weight is 225 g/mol. The molecule has 0 radical (unpaired) electrons. The van der Waals surface area contributed by atoms with Gasteiger partial charge in [-0.15, -0.1) is 0 Å². The van der Waals surface area contributed by atoms with Crippen molar-refractivity contribution in [1.82, 2.24) is 5.32 Å². The first-order valence-corrected chi connectivity index (χ1v) is 6.89.